The summed E-state index contributed by atoms with van der Waals surface area (Å²) in [6, 6.07) is 15.3. The maximum Gasteiger partial charge on any atom is 0.251 e. The highest BCUT2D eigenvalue weighted by Crippen LogP contribution is 2.21. The number of rotatable bonds is 7. The minimum absolute atomic E-state index is 0.189. The maximum atomic E-state index is 12.5. The third-order valence-corrected chi connectivity index (χ3v) is 6.35. The van der Waals surface area contributed by atoms with Crippen molar-refractivity contribution >= 4 is 15.9 Å². The predicted octanol–water partition coefficient (Wildman–Crippen LogP) is 2.67. The molecule has 0 bridgehead atoms. The lowest BCUT2D eigenvalue weighted by Crippen LogP contribution is -2.36. The van der Waals surface area contributed by atoms with Crippen molar-refractivity contribution in [1.82, 2.24) is 9.62 Å². The Kier molecular flexibility index (Phi) is 6.13. The van der Waals surface area contributed by atoms with Gasteiger partial charge in [-0.25, -0.2) is 8.42 Å². The van der Waals surface area contributed by atoms with E-state index >= 15 is 0 Å². The van der Waals surface area contributed by atoms with Gasteiger partial charge in [0.2, 0.25) is 10.0 Å². The fourth-order valence-electron chi connectivity index (χ4n) is 2.94. The molecular formula is C20H24N2O4S. The van der Waals surface area contributed by atoms with Gasteiger partial charge in [-0.3, -0.25) is 4.79 Å². The van der Waals surface area contributed by atoms with Crippen LogP contribution in [0, 0.1) is 0 Å². The van der Waals surface area contributed by atoms with Crippen LogP contribution in [0.4, 0.5) is 0 Å². The highest BCUT2D eigenvalue weighted by molar-refractivity contribution is 7.89. The quantitative estimate of drug-likeness (QED) is 0.791. The summed E-state index contributed by atoms with van der Waals surface area (Å²) in [4.78, 5) is 12.6. The first-order valence-corrected chi connectivity index (χ1v) is 10.5. The summed E-state index contributed by atoms with van der Waals surface area (Å²) >= 11 is 0. The Labute approximate surface area is 160 Å². The van der Waals surface area contributed by atoms with Gasteiger partial charge in [-0.15, -0.1) is 0 Å². The van der Waals surface area contributed by atoms with Gasteiger partial charge in [-0.05, 0) is 56.2 Å². The van der Waals surface area contributed by atoms with Crippen LogP contribution in [0.3, 0.4) is 0 Å². The highest BCUT2D eigenvalue weighted by Gasteiger charge is 2.27. The average Bonchev–Trinajstić information content (AvgIpc) is 3.23. The van der Waals surface area contributed by atoms with Crippen LogP contribution in [-0.4, -0.2) is 44.4 Å². The molecule has 3 rings (SSSR count). The van der Waals surface area contributed by atoms with Crippen LogP contribution in [0.25, 0.3) is 0 Å². The smallest absolute Gasteiger partial charge is 0.251 e. The third kappa shape index (κ3) is 4.87. The summed E-state index contributed by atoms with van der Waals surface area (Å²) in [5, 5.41) is 2.86. The van der Waals surface area contributed by atoms with Gasteiger partial charge >= 0.3 is 0 Å². The van der Waals surface area contributed by atoms with Gasteiger partial charge in [-0.1, -0.05) is 18.2 Å². The summed E-state index contributed by atoms with van der Waals surface area (Å²) in [7, 11) is -3.46. The summed E-state index contributed by atoms with van der Waals surface area (Å²) in [5.41, 5.74) is 0.418. The van der Waals surface area contributed by atoms with E-state index in [2.05, 4.69) is 5.32 Å². The molecule has 0 aromatic heterocycles. The lowest BCUT2D eigenvalue weighted by atomic mass is 10.2. The summed E-state index contributed by atoms with van der Waals surface area (Å²) in [6.07, 6.45) is 1.78. The van der Waals surface area contributed by atoms with Gasteiger partial charge in [0.05, 0.1) is 10.9 Å². The molecule has 27 heavy (non-hydrogen) atoms. The Morgan fingerprint density at radius 1 is 1.07 bits per heavy atom. The number of hydrogen-bond donors (Lipinski definition) is 1. The zero-order valence-corrected chi connectivity index (χ0v) is 16.1. The van der Waals surface area contributed by atoms with Crippen LogP contribution in [0.15, 0.2) is 59.5 Å². The fraction of sp³-hybridized carbons (Fsp3) is 0.350. The molecule has 2 aromatic carbocycles. The first kappa shape index (κ1) is 19.4. The van der Waals surface area contributed by atoms with Gasteiger partial charge in [0.25, 0.3) is 5.91 Å². The normalized spacial score (nSPS) is 16.0. The van der Waals surface area contributed by atoms with Crippen molar-refractivity contribution in [3.05, 3.63) is 60.2 Å². The zero-order chi connectivity index (χ0) is 19.3. The molecule has 1 heterocycles. The zero-order valence-electron chi connectivity index (χ0n) is 15.3. The van der Waals surface area contributed by atoms with Gasteiger partial charge in [0, 0.05) is 18.7 Å². The van der Waals surface area contributed by atoms with E-state index in [-0.39, 0.29) is 16.8 Å². The number of hydrogen-bond acceptors (Lipinski definition) is 4. The fourth-order valence-corrected chi connectivity index (χ4v) is 4.46. The van der Waals surface area contributed by atoms with Gasteiger partial charge in [-0.2, -0.15) is 4.31 Å². The van der Waals surface area contributed by atoms with Crippen molar-refractivity contribution in [2.45, 2.75) is 30.7 Å². The highest BCUT2D eigenvalue weighted by atomic mass is 32.2. The van der Waals surface area contributed by atoms with E-state index < -0.39 is 10.0 Å². The molecule has 1 atom stereocenters. The number of amides is 1. The van der Waals surface area contributed by atoms with Gasteiger partial charge in [0.1, 0.15) is 12.4 Å². The van der Waals surface area contributed by atoms with E-state index in [0.29, 0.717) is 25.3 Å². The van der Waals surface area contributed by atoms with Crippen molar-refractivity contribution in [2.24, 2.45) is 0 Å². The second kappa shape index (κ2) is 8.54. The average molecular weight is 388 g/mol. The Balaban J connectivity index is 1.57. The van der Waals surface area contributed by atoms with Crippen LogP contribution >= 0.6 is 0 Å². The van der Waals surface area contributed by atoms with E-state index in [4.69, 9.17) is 4.74 Å². The van der Waals surface area contributed by atoms with Gasteiger partial charge < -0.3 is 10.1 Å². The molecule has 1 saturated heterocycles. The first-order valence-electron chi connectivity index (χ1n) is 9.06. The van der Waals surface area contributed by atoms with E-state index in [9.17, 15) is 13.2 Å². The number of carbonyl (C=O) groups excluding carboxylic acids is 1. The molecule has 1 amide bonds. The molecule has 1 unspecified atom stereocenters. The molecule has 1 aliphatic rings. The van der Waals surface area contributed by atoms with Gasteiger partial charge in [0.15, 0.2) is 0 Å². The number of ether oxygens (including phenoxy) is 1. The molecule has 6 nitrogen and oxygen atoms in total. The van der Waals surface area contributed by atoms with E-state index in [1.54, 1.807) is 12.1 Å². The molecule has 1 fully saturated rings. The largest absolute Gasteiger partial charge is 0.491 e. The number of benzene rings is 2. The molecule has 1 aliphatic heterocycles. The molecule has 0 spiro atoms. The molecule has 0 aliphatic carbocycles. The van der Waals surface area contributed by atoms with Crippen molar-refractivity contribution in [2.75, 3.05) is 19.7 Å². The molecule has 1 N–H and O–H groups in total. The third-order valence-electron chi connectivity index (χ3n) is 4.44. The monoisotopic (exact) mass is 388 g/mol. The molecular weight excluding hydrogens is 364 g/mol. The Morgan fingerprint density at radius 2 is 1.70 bits per heavy atom. The second-order valence-electron chi connectivity index (χ2n) is 6.63. The van der Waals surface area contributed by atoms with E-state index in [1.807, 2.05) is 37.3 Å². The molecule has 144 valence electrons. The number of nitrogens with zero attached hydrogens (tertiary/aromatic N) is 1. The van der Waals surface area contributed by atoms with Crippen molar-refractivity contribution in [3.63, 3.8) is 0 Å². The summed E-state index contributed by atoms with van der Waals surface area (Å²) in [6.45, 7) is 3.32. The number of para-hydroxylation sites is 1. The second-order valence-corrected chi connectivity index (χ2v) is 8.57. The number of sulfonamides is 1. The minimum Gasteiger partial charge on any atom is -0.491 e. The Hall–Kier alpha value is -2.38. The summed E-state index contributed by atoms with van der Waals surface area (Å²) in [5.74, 6) is 0.486. The Bertz CT molecular complexity index is 861. The summed E-state index contributed by atoms with van der Waals surface area (Å²) < 4.78 is 32.2. The van der Waals surface area contributed by atoms with Crippen LogP contribution in [0.1, 0.15) is 30.1 Å². The Morgan fingerprint density at radius 3 is 2.33 bits per heavy atom. The van der Waals surface area contributed by atoms with E-state index in [0.717, 1.165) is 18.6 Å². The number of nitrogens with one attached hydrogen (secondary N) is 1. The lowest BCUT2D eigenvalue weighted by molar-refractivity contribution is 0.0926. The van der Waals surface area contributed by atoms with Crippen molar-refractivity contribution in [3.8, 4) is 5.75 Å². The van der Waals surface area contributed by atoms with Crippen LogP contribution < -0.4 is 10.1 Å². The number of carbonyl (C=O) groups is 1. The van der Waals surface area contributed by atoms with Crippen LogP contribution in [0.2, 0.25) is 0 Å². The molecule has 7 heteroatoms. The SMILES string of the molecule is CC(COc1ccccc1)NC(=O)c1ccc(S(=O)(=O)N2CCCC2)cc1. The van der Waals surface area contributed by atoms with Crippen LogP contribution in [-0.2, 0) is 10.0 Å². The van der Waals surface area contributed by atoms with Crippen LogP contribution in [0.5, 0.6) is 5.75 Å². The topological polar surface area (TPSA) is 75.7 Å². The maximum absolute atomic E-state index is 12.5. The minimum atomic E-state index is -3.46. The van der Waals surface area contributed by atoms with Crippen molar-refractivity contribution in [1.29, 1.82) is 0 Å². The molecule has 2 aromatic rings. The van der Waals surface area contributed by atoms with Crippen molar-refractivity contribution < 1.29 is 17.9 Å². The molecule has 0 saturated carbocycles. The lowest BCUT2D eigenvalue weighted by Gasteiger charge is -2.17. The first-order chi connectivity index (χ1) is 13.0. The molecule has 0 radical (unpaired) electrons. The standard InChI is InChI=1S/C20H24N2O4S/c1-16(15-26-18-7-3-2-4-8-18)21-20(23)17-9-11-19(12-10-17)27(24,25)22-13-5-6-14-22/h2-4,7-12,16H,5-6,13-15H2,1H3,(H,21,23). The van der Waals surface area contributed by atoms with E-state index in [1.165, 1.54) is 16.4 Å². The predicted molar refractivity (Wildman–Crippen MR) is 103 cm³/mol.